The molecule has 3 saturated carbocycles. The van der Waals surface area contributed by atoms with Crippen LogP contribution in [0.1, 0.15) is 45.4 Å². The standard InChI is InChI=1S/C15H23F2I/c1-8-2-4-10-11-5-3-9(18)7-13(11)15(17)14(16)12(10)6-8/h8-15H,2-7H2,1H3. The molecule has 0 saturated heterocycles. The molecule has 3 rings (SSSR count). The van der Waals surface area contributed by atoms with Gasteiger partial charge in [-0.25, -0.2) is 8.78 Å². The lowest BCUT2D eigenvalue weighted by Crippen LogP contribution is -2.53. The van der Waals surface area contributed by atoms with Gasteiger partial charge in [-0.15, -0.1) is 0 Å². The first-order valence-corrected chi connectivity index (χ1v) is 8.74. The van der Waals surface area contributed by atoms with Crippen LogP contribution in [0.25, 0.3) is 0 Å². The van der Waals surface area contributed by atoms with Crippen LogP contribution in [0.3, 0.4) is 0 Å². The molecule has 0 spiro atoms. The predicted octanol–water partition coefficient (Wildman–Crippen LogP) is 4.95. The Morgan fingerprint density at radius 1 is 0.778 bits per heavy atom. The van der Waals surface area contributed by atoms with Gasteiger partial charge >= 0.3 is 0 Å². The summed E-state index contributed by atoms with van der Waals surface area (Å²) in [6, 6.07) is 0. The lowest BCUT2D eigenvalue weighted by atomic mass is 9.55. The second-order valence-electron chi connectivity index (χ2n) is 6.87. The molecule has 0 amide bonds. The molecule has 3 aliphatic carbocycles. The van der Waals surface area contributed by atoms with Crippen molar-refractivity contribution < 1.29 is 8.78 Å². The largest absolute Gasteiger partial charge is 0.244 e. The smallest absolute Gasteiger partial charge is 0.135 e. The first-order chi connectivity index (χ1) is 8.58. The van der Waals surface area contributed by atoms with Crippen molar-refractivity contribution in [1.29, 1.82) is 0 Å². The molecule has 18 heavy (non-hydrogen) atoms. The van der Waals surface area contributed by atoms with Crippen LogP contribution in [0.2, 0.25) is 0 Å². The average molecular weight is 368 g/mol. The number of fused-ring (bicyclic) bond motifs is 3. The number of hydrogen-bond donors (Lipinski definition) is 0. The minimum atomic E-state index is -1.18. The van der Waals surface area contributed by atoms with Gasteiger partial charge in [0.25, 0.3) is 0 Å². The van der Waals surface area contributed by atoms with Gasteiger partial charge in [-0.2, -0.15) is 0 Å². The van der Waals surface area contributed by atoms with Crippen molar-refractivity contribution in [2.75, 3.05) is 0 Å². The summed E-state index contributed by atoms with van der Waals surface area (Å²) in [5, 5.41) is 0. The van der Waals surface area contributed by atoms with E-state index >= 15 is 0 Å². The molecule has 3 heteroatoms. The molecule has 0 aromatic heterocycles. The SMILES string of the molecule is CC1CCC2C(C1)C(F)C(F)C1CC(I)CCC12. The van der Waals surface area contributed by atoms with Crippen LogP contribution in [-0.2, 0) is 0 Å². The fourth-order valence-electron chi connectivity index (χ4n) is 4.89. The summed E-state index contributed by atoms with van der Waals surface area (Å²) < 4.78 is 29.4. The Labute approximate surface area is 122 Å². The molecule has 0 heterocycles. The van der Waals surface area contributed by atoms with Gasteiger partial charge in [0.1, 0.15) is 12.3 Å². The molecule has 0 aromatic carbocycles. The van der Waals surface area contributed by atoms with Gasteiger partial charge < -0.3 is 0 Å². The summed E-state index contributed by atoms with van der Waals surface area (Å²) in [5.41, 5.74) is 0. The summed E-state index contributed by atoms with van der Waals surface area (Å²) >= 11 is 2.42. The maximum Gasteiger partial charge on any atom is 0.135 e. The highest BCUT2D eigenvalue weighted by Gasteiger charge is 2.53. The van der Waals surface area contributed by atoms with E-state index in [9.17, 15) is 8.78 Å². The molecule has 0 radical (unpaired) electrons. The lowest BCUT2D eigenvalue weighted by molar-refractivity contribution is -0.0909. The molecular weight excluding hydrogens is 345 g/mol. The van der Waals surface area contributed by atoms with Gasteiger partial charge in [0.2, 0.25) is 0 Å². The molecule has 0 N–H and O–H groups in total. The second-order valence-corrected chi connectivity index (χ2v) is 8.63. The van der Waals surface area contributed by atoms with Crippen LogP contribution < -0.4 is 0 Å². The van der Waals surface area contributed by atoms with Crippen molar-refractivity contribution >= 4 is 22.6 Å². The molecule has 0 aliphatic heterocycles. The third-order valence-corrected chi connectivity index (χ3v) is 6.91. The monoisotopic (exact) mass is 368 g/mol. The van der Waals surface area contributed by atoms with E-state index in [-0.39, 0.29) is 11.8 Å². The number of hydrogen-bond acceptors (Lipinski definition) is 0. The molecule has 3 aliphatic rings. The Balaban J connectivity index is 1.83. The van der Waals surface area contributed by atoms with Crippen LogP contribution in [-0.4, -0.2) is 16.3 Å². The molecule has 3 fully saturated rings. The highest BCUT2D eigenvalue weighted by molar-refractivity contribution is 14.1. The molecule has 8 unspecified atom stereocenters. The number of alkyl halides is 3. The molecule has 8 atom stereocenters. The van der Waals surface area contributed by atoms with Gasteiger partial charge in [0.05, 0.1) is 0 Å². The zero-order valence-electron chi connectivity index (χ0n) is 11.0. The van der Waals surface area contributed by atoms with Gasteiger partial charge in [-0.05, 0) is 61.7 Å². The van der Waals surface area contributed by atoms with Crippen LogP contribution in [0.4, 0.5) is 8.78 Å². The maximum absolute atomic E-state index is 14.4. The van der Waals surface area contributed by atoms with Crippen LogP contribution in [0.15, 0.2) is 0 Å². The van der Waals surface area contributed by atoms with E-state index in [2.05, 4.69) is 29.5 Å². The minimum Gasteiger partial charge on any atom is -0.244 e. The normalized spacial score (nSPS) is 56.7. The van der Waals surface area contributed by atoms with E-state index in [0.717, 1.165) is 25.7 Å². The van der Waals surface area contributed by atoms with Crippen LogP contribution >= 0.6 is 22.6 Å². The third-order valence-electron chi connectivity index (χ3n) is 5.78. The lowest BCUT2D eigenvalue weighted by Gasteiger charge is -2.52. The average Bonchev–Trinajstić information content (AvgIpc) is 2.36. The van der Waals surface area contributed by atoms with Gasteiger partial charge in [-0.1, -0.05) is 35.9 Å². The Kier molecular flexibility index (Phi) is 3.90. The summed E-state index contributed by atoms with van der Waals surface area (Å²) in [4.78, 5) is 0. The second kappa shape index (κ2) is 5.17. The molecule has 0 nitrogen and oxygen atoms in total. The number of rotatable bonds is 0. The predicted molar refractivity (Wildman–Crippen MR) is 78.4 cm³/mol. The third kappa shape index (κ3) is 2.22. The van der Waals surface area contributed by atoms with E-state index in [0.29, 0.717) is 21.7 Å². The summed E-state index contributed by atoms with van der Waals surface area (Å²) in [6.45, 7) is 2.20. The van der Waals surface area contributed by atoms with Crippen molar-refractivity contribution in [2.24, 2.45) is 29.6 Å². The van der Waals surface area contributed by atoms with Crippen molar-refractivity contribution in [3.05, 3.63) is 0 Å². The Morgan fingerprint density at radius 2 is 1.33 bits per heavy atom. The van der Waals surface area contributed by atoms with Gasteiger partial charge in [0, 0.05) is 3.92 Å². The first-order valence-electron chi connectivity index (χ1n) is 7.50. The van der Waals surface area contributed by atoms with Gasteiger partial charge in [0.15, 0.2) is 0 Å². The van der Waals surface area contributed by atoms with Crippen molar-refractivity contribution in [2.45, 2.75) is 61.7 Å². The van der Waals surface area contributed by atoms with Crippen LogP contribution in [0.5, 0.6) is 0 Å². The molecule has 104 valence electrons. The quantitative estimate of drug-likeness (QED) is 0.419. The fourth-order valence-corrected chi connectivity index (χ4v) is 5.84. The molecular formula is C15H23F2I. The van der Waals surface area contributed by atoms with E-state index in [1.807, 2.05) is 0 Å². The molecule has 0 bridgehead atoms. The van der Waals surface area contributed by atoms with E-state index in [1.165, 1.54) is 12.8 Å². The van der Waals surface area contributed by atoms with Gasteiger partial charge in [-0.3, -0.25) is 0 Å². The molecule has 0 aromatic rings. The highest BCUT2D eigenvalue weighted by atomic mass is 127. The van der Waals surface area contributed by atoms with Crippen molar-refractivity contribution in [1.82, 2.24) is 0 Å². The first kappa shape index (κ1) is 13.6. The fraction of sp³-hybridized carbons (Fsp3) is 1.00. The summed E-state index contributed by atoms with van der Waals surface area (Å²) in [6.07, 6.45) is 4.19. The van der Waals surface area contributed by atoms with E-state index < -0.39 is 12.3 Å². The van der Waals surface area contributed by atoms with E-state index in [4.69, 9.17) is 0 Å². The Bertz CT molecular complexity index is 279. The van der Waals surface area contributed by atoms with E-state index in [1.54, 1.807) is 0 Å². The van der Waals surface area contributed by atoms with Crippen LogP contribution in [0, 0.1) is 29.6 Å². The zero-order valence-corrected chi connectivity index (χ0v) is 13.2. The van der Waals surface area contributed by atoms with Crippen molar-refractivity contribution in [3.8, 4) is 0 Å². The Morgan fingerprint density at radius 3 is 2.00 bits per heavy atom. The number of halogens is 3. The minimum absolute atomic E-state index is 0.0188. The Hall–Kier alpha value is 0.590. The zero-order chi connectivity index (χ0) is 12.9. The summed E-state index contributed by atoms with van der Waals surface area (Å²) in [5.74, 6) is 1.60. The van der Waals surface area contributed by atoms with Crippen molar-refractivity contribution in [3.63, 3.8) is 0 Å². The maximum atomic E-state index is 14.4. The topological polar surface area (TPSA) is 0 Å². The summed E-state index contributed by atoms with van der Waals surface area (Å²) in [7, 11) is 0. The highest BCUT2D eigenvalue weighted by Crippen LogP contribution is 2.54.